The first-order valence-corrected chi connectivity index (χ1v) is 10.1. The van der Waals surface area contributed by atoms with Gasteiger partial charge in [-0.15, -0.1) is 0 Å². The first kappa shape index (κ1) is 20.5. The molecular weight excluding hydrogens is 316 g/mol. The fraction of sp³-hybridized carbons (Fsp3) is 0.947. The van der Waals surface area contributed by atoms with E-state index in [4.69, 9.17) is 9.47 Å². The highest BCUT2D eigenvalue weighted by atomic mass is 16.5. The fourth-order valence-corrected chi connectivity index (χ4v) is 3.21. The Balaban J connectivity index is 1.53. The predicted molar refractivity (Wildman–Crippen MR) is 103 cm³/mol. The molecule has 1 heterocycles. The smallest absolute Gasteiger partial charge is 0.191 e. The van der Waals surface area contributed by atoms with Gasteiger partial charge in [-0.05, 0) is 52.4 Å². The van der Waals surface area contributed by atoms with Gasteiger partial charge in [0.05, 0.1) is 12.2 Å². The van der Waals surface area contributed by atoms with E-state index in [2.05, 4.69) is 41.3 Å². The van der Waals surface area contributed by atoms with E-state index < -0.39 is 0 Å². The number of hydrogen-bond acceptors (Lipinski definition) is 4. The van der Waals surface area contributed by atoms with E-state index >= 15 is 0 Å². The summed E-state index contributed by atoms with van der Waals surface area (Å²) in [6.07, 6.45) is 5.51. The van der Waals surface area contributed by atoms with Gasteiger partial charge >= 0.3 is 0 Å². The lowest BCUT2D eigenvalue weighted by molar-refractivity contribution is -0.0679. The summed E-state index contributed by atoms with van der Waals surface area (Å²) < 4.78 is 11.4. The Hall–Kier alpha value is -0.850. The van der Waals surface area contributed by atoms with Crippen molar-refractivity contribution in [2.75, 3.05) is 52.5 Å². The third-order valence-corrected chi connectivity index (χ3v) is 4.55. The second kappa shape index (κ2) is 11.7. The Morgan fingerprint density at radius 2 is 1.92 bits per heavy atom. The van der Waals surface area contributed by atoms with Crippen LogP contribution in [0.25, 0.3) is 0 Å². The summed E-state index contributed by atoms with van der Waals surface area (Å²) in [5, 5.41) is 6.76. The Morgan fingerprint density at radius 1 is 1.16 bits per heavy atom. The molecule has 1 aliphatic heterocycles. The van der Waals surface area contributed by atoms with Gasteiger partial charge in [0, 0.05) is 52.5 Å². The van der Waals surface area contributed by atoms with E-state index in [1.807, 2.05) is 0 Å². The van der Waals surface area contributed by atoms with Crippen LogP contribution in [0.1, 0.15) is 46.5 Å². The zero-order valence-electron chi connectivity index (χ0n) is 16.4. The molecule has 0 aromatic heterocycles. The normalized spacial score (nSPS) is 25.2. The van der Waals surface area contributed by atoms with Crippen molar-refractivity contribution in [3.8, 4) is 0 Å². The SMILES string of the molecule is CCNC(=NCCCOCC1CC1)NCCCN1CC(C)OC(C)C1. The summed E-state index contributed by atoms with van der Waals surface area (Å²) in [6, 6.07) is 0. The lowest BCUT2D eigenvalue weighted by Gasteiger charge is -2.35. The Labute approximate surface area is 153 Å². The molecular formula is C19H38N4O2. The second-order valence-corrected chi connectivity index (χ2v) is 7.43. The van der Waals surface area contributed by atoms with Gasteiger partial charge in [-0.1, -0.05) is 0 Å². The van der Waals surface area contributed by atoms with E-state index in [0.29, 0.717) is 12.2 Å². The lowest BCUT2D eigenvalue weighted by atomic mass is 10.2. The van der Waals surface area contributed by atoms with Crippen LogP contribution in [-0.4, -0.2) is 75.5 Å². The summed E-state index contributed by atoms with van der Waals surface area (Å²) in [6.45, 7) is 14.0. The molecule has 146 valence electrons. The summed E-state index contributed by atoms with van der Waals surface area (Å²) in [4.78, 5) is 7.14. The van der Waals surface area contributed by atoms with Crippen LogP contribution in [0.4, 0.5) is 0 Å². The van der Waals surface area contributed by atoms with Crippen molar-refractivity contribution in [1.29, 1.82) is 0 Å². The van der Waals surface area contributed by atoms with Crippen LogP contribution < -0.4 is 10.6 Å². The third-order valence-electron chi connectivity index (χ3n) is 4.55. The van der Waals surface area contributed by atoms with Crippen LogP contribution in [-0.2, 0) is 9.47 Å². The van der Waals surface area contributed by atoms with Crippen LogP contribution in [0.3, 0.4) is 0 Å². The fourth-order valence-electron chi connectivity index (χ4n) is 3.21. The minimum Gasteiger partial charge on any atom is -0.381 e. The standard InChI is InChI=1S/C19H38N4O2/c1-4-20-19(22-10-6-12-24-15-18-7-8-18)21-9-5-11-23-13-16(2)25-17(3)14-23/h16-18H,4-15H2,1-3H3,(H2,20,21,22). The molecule has 2 rings (SSSR count). The molecule has 0 radical (unpaired) electrons. The van der Waals surface area contributed by atoms with E-state index in [9.17, 15) is 0 Å². The van der Waals surface area contributed by atoms with Crippen LogP contribution in [0.5, 0.6) is 0 Å². The molecule has 0 spiro atoms. The van der Waals surface area contributed by atoms with Gasteiger partial charge in [0.1, 0.15) is 0 Å². The maximum Gasteiger partial charge on any atom is 0.191 e. The quantitative estimate of drug-likeness (QED) is 0.337. The topological polar surface area (TPSA) is 58.1 Å². The van der Waals surface area contributed by atoms with Crippen LogP contribution in [0.2, 0.25) is 0 Å². The average molecular weight is 355 g/mol. The molecule has 0 bridgehead atoms. The first-order chi connectivity index (χ1) is 12.2. The highest BCUT2D eigenvalue weighted by Gasteiger charge is 2.21. The van der Waals surface area contributed by atoms with E-state index in [0.717, 1.165) is 77.2 Å². The maximum atomic E-state index is 5.78. The number of hydrogen-bond donors (Lipinski definition) is 2. The van der Waals surface area contributed by atoms with Crippen molar-refractivity contribution in [1.82, 2.24) is 15.5 Å². The Bertz CT molecular complexity index is 378. The van der Waals surface area contributed by atoms with Gasteiger partial charge in [-0.2, -0.15) is 0 Å². The number of nitrogens with zero attached hydrogens (tertiary/aromatic N) is 2. The van der Waals surface area contributed by atoms with Crippen molar-refractivity contribution in [2.45, 2.75) is 58.7 Å². The molecule has 1 saturated carbocycles. The summed E-state index contributed by atoms with van der Waals surface area (Å²) in [5.74, 6) is 1.77. The highest BCUT2D eigenvalue weighted by Crippen LogP contribution is 2.28. The van der Waals surface area contributed by atoms with Crippen molar-refractivity contribution in [3.05, 3.63) is 0 Å². The predicted octanol–water partition coefficient (Wildman–Crippen LogP) is 1.86. The Morgan fingerprint density at radius 3 is 2.60 bits per heavy atom. The second-order valence-electron chi connectivity index (χ2n) is 7.43. The molecule has 2 unspecified atom stereocenters. The molecule has 2 fully saturated rings. The maximum absolute atomic E-state index is 5.78. The van der Waals surface area contributed by atoms with Crippen LogP contribution in [0.15, 0.2) is 4.99 Å². The molecule has 2 aliphatic rings. The summed E-state index contributed by atoms with van der Waals surface area (Å²) in [7, 11) is 0. The number of rotatable bonds is 11. The monoisotopic (exact) mass is 354 g/mol. The molecule has 6 nitrogen and oxygen atoms in total. The van der Waals surface area contributed by atoms with Crippen molar-refractivity contribution < 1.29 is 9.47 Å². The number of guanidine groups is 1. The molecule has 1 saturated heterocycles. The van der Waals surface area contributed by atoms with Crippen molar-refractivity contribution >= 4 is 5.96 Å². The molecule has 1 aliphatic carbocycles. The van der Waals surface area contributed by atoms with Gasteiger partial charge in [-0.25, -0.2) is 0 Å². The molecule has 2 atom stereocenters. The van der Waals surface area contributed by atoms with Gasteiger partial charge in [0.15, 0.2) is 5.96 Å². The molecule has 0 aromatic carbocycles. The van der Waals surface area contributed by atoms with Crippen molar-refractivity contribution in [2.24, 2.45) is 10.9 Å². The van der Waals surface area contributed by atoms with Gasteiger partial charge < -0.3 is 20.1 Å². The molecule has 2 N–H and O–H groups in total. The molecule has 25 heavy (non-hydrogen) atoms. The summed E-state index contributed by atoms with van der Waals surface area (Å²) >= 11 is 0. The van der Waals surface area contributed by atoms with E-state index in [1.54, 1.807) is 0 Å². The Kier molecular flexibility index (Phi) is 9.58. The minimum absolute atomic E-state index is 0.345. The molecule has 0 amide bonds. The molecule has 0 aromatic rings. The zero-order valence-corrected chi connectivity index (χ0v) is 16.4. The number of ether oxygens (including phenoxy) is 2. The zero-order chi connectivity index (χ0) is 17.9. The number of aliphatic imine (C=N–C) groups is 1. The minimum atomic E-state index is 0.345. The third kappa shape index (κ3) is 9.42. The average Bonchev–Trinajstić information content (AvgIpc) is 3.38. The van der Waals surface area contributed by atoms with E-state index in [-0.39, 0.29) is 0 Å². The van der Waals surface area contributed by atoms with Gasteiger partial charge in [0.2, 0.25) is 0 Å². The largest absolute Gasteiger partial charge is 0.381 e. The van der Waals surface area contributed by atoms with Crippen LogP contribution >= 0.6 is 0 Å². The van der Waals surface area contributed by atoms with Gasteiger partial charge in [-0.3, -0.25) is 9.89 Å². The number of morpholine rings is 1. The lowest BCUT2D eigenvalue weighted by Crippen LogP contribution is -2.46. The highest BCUT2D eigenvalue weighted by molar-refractivity contribution is 5.79. The summed E-state index contributed by atoms with van der Waals surface area (Å²) in [5.41, 5.74) is 0. The van der Waals surface area contributed by atoms with Crippen molar-refractivity contribution in [3.63, 3.8) is 0 Å². The first-order valence-electron chi connectivity index (χ1n) is 10.1. The van der Waals surface area contributed by atoms with Gasteiger partial charge in [0.25, 0.3) is 0 Å². The number of nitrogens with one attached hydrogen (secondary N) is 2. The van der Waals surface area contributed by atoms with E-state index in [1.165, 1.54) is 12.8 Å². The van der Waals surface area contributed by atoms with Crippen LogP contribution in [0, 0.1) is 5.92 Å². The molecule has 6 heteroatoms.